The maximum Gasteiger partial charge on any atom is 0.0783 e. The van der Waals surface area contributed by atoms with Crippen molar-refractivity contribution in [2.24, 2.45) is 0 Å². The molecule has 0 fully saturated rings. The first-order valence-electron chi connectivity index (χ1n) is 5.52. The first kappa shape index (κ1) is 12.2. The molecule has 0 amide bonds. The molecule has 0 heterocycles. The van der Waals surface area contributed by atoms with Crippen molar-refractivity contribution in [2.45, 2.75) is 32.8 Å². The van der Waals surface area contributed by atoms with Crippen LogP contribution in [0.1, 0.15) is 25.0 Å². The summed E-state index contributed by atoms with van der Waals surface area (Å²) in [5.74, 6) is 0. The molecule has 0 saturated carbocycles. The summed E-state index contributed by atoms with van der Waals surface area (Å²) in [6.45, 7) is 7.51. The van der Waals surface area contributed by atoms with Crippen molar-refractivity contribution in [1.82, 2.24) is 5.32 Å². The average Bonchev–Trinajstić information content (AvgIpc) is 2.18. The zero-order valence-electron chi connectivity index (χ0n) is 9.88. The van der Waals surface area contributed by atoms with Crippen molar-refractivity contribution in [3.8, 4) is 0 Å². The van der Waals surface area contributed by atoms with Gasteiger partial charge in [0.1, 0.15) is 0 Å². The van der Waals surface area contributed by atoms with Crippen LogP contribution in [0.4, 0.5) is 0 Å². The van der Waals surface area contributed by atoms with Crippen molar-refractivity contribution >= 4 is 0 Å². The van der Waals surface area contributed by atoms with Gasteiger partial charge in [-0.3, -0.25) is 0 Å². The van der Waals surface area contributed by atoms with Crippen molar-refractivity contribution in [3.05, 3.63) is 35.4 Å². The van der Waals surface area contributed by atoms with E-state index in [4.69, 9.17) is 0 Å². The fourth-order valence-electron chi connectivity index (χ4n) is 1.60. The summed E-state index contributed by atoms with van der Waals surface area (Å²) in [7, 11) is 0. The normalized spacial score (nSPS) is 14.9. The minimum Gasteiger partial charge on any atom is -0.389 e. The van der Waals surface area contributed by atoms with Gasteiger partial charge in [-0.25, -0.2) is 0 Å². The average molecular weight is 207 g/mol. The molecule has 0 aliphatic heterocycles. The van der Waals surface area contributed by atoms with Crippen LogP contribution in [0.15, 0.2) is 24.3 Å². The van der Waals surface area contributed by atoms with Gasteiger partial charge in [-0.05, 0) is 26.0 Å². The number of nitrogens with one attached hydrogen (secondary N) is 1. The third-order valence-electron chi connectivity index (χ3n) is 2.46. The predicted octanol–water partition coefficient (Wildman–Crippen LogP) is 1.90. The summed E-state index contributed by atoms with van der Waals surface area (Å²) < 4.78 is 0. The van der Waals surface area contributed by atoms with E-state index >= 15 is 0 Å². The molecular weight excluding hydrogens is 186 g/mol. The minimum absolute atomic E-state index is 0.636. The molecule has 2 nitrogen and oxygen atoms in total. The molecule has 15 heavy (non-hydrogen) atoms. The highest BCUT2D eigenvalue weighted by Gasteiger charge is 2.19. The zero-order chi connectivity index (χ0) is 11.3. The monoisotopic (exact) mass is 207 g/mol. The molecule has 2 heteroatoms. The number of aliphatic hydroxyl groups is 1. The topological polar surface area (TPSA) is 32.3 Å². The lowest BCUT2D eigenvalue weighted by Gasteiger charge is -2.23. The molecule has 1 rings (SSSR count). The standard InChI is InChI=1S/C13H21NO/c1-4-14-10-13(3,15)9-12-7-5-11(2)6-8-12/h5-8,14-15H,4,9-10H2,1-3H3. The van der Waals surface area contributed by atoms with Gasteiger partial charge in [0.25, 0.3) is 0 Å². The zero-order valence-corrected chi connectivity index (χ0v) is 9.88. The Kier molecular flexibility index (Phi) is 4.30. The molecule has 0 saturated heterocycles. The lowest BCUT2D eigenvalue weighted by Crippen LogP contribution is -2.39. The number of hydrogen-bond donors (Lipinski definition) is 2. The second kappa shape index (κ2) is 5.29. The van der Waals surface area contributed by atoms with Crippen molar-refractivity contribution in [3.63, 3.8) is 0 Å². The van der Waals surface area contributed by atoms with E-state index in [0.717, 1.165) is 6.54 Å². The van der Waals surface area contributed by atoms with Crippen LogP contribution in [0.25, 0.3) is 0 Å². The SMILES string of the molecule is CCNCC(C)(O)Cc1ccc(C)cc1. The van der Waals surface area contributed by atoms with Crippen LogP contribution in [0.2, 0.25) is 0 Å². The third kappa shape index (κ3) is 4.45. The number of benzene rings is 1. The maximum absolute atomic E-state index is 10.1. The summed E-state index contributed by atoms with van der Waals surface area (Å²) in [5.41, 5.74) is 1.78. The van der Waals surface area contributed by atoms with Crippen molar-refractivity contribution in [2.75, 3.05) is 13.1 Å². The van der Waals surface area contributed by atoms with E-state index in [1.54, 1.807) is 0 Å². The van der Waals surface area contributed by atoms with E-state index in [1.807, 2.05) is 13.8 Å². The quantitative estimate of drug-likeness (QED) is 0.773. The van der Waals surface area contributed by atoms with Gasteiger partial charge in [-0.1, -0.05) is 36.8 Å². The molecule has 0 aromatic heterocycles. The molecular formula is C13H21NO. The smallest absolute Gasteiger partial charge is 0.0783 e. The van der Waals surface area contributed by atoms with Gasteiger partial charge in [0.05, 0.1) is 5.60 Å². The summed E-state index contributed by atoms with van der Waals surface area (Å²) >= 11 is 0. The molecule has 0 bridgehead atoms. The Morgan fingerprint density at radius 3 is 2.40 bits per heavy atom. The Labute approximate surface area is 92.3 Å². The second-order valence-corrected chi connectivity index (χ2v) is 4.44. The second-order valence-electron chi connectivity index (χ2n) is 4.44. The Morgan fingerprint density at radius 2 is 1.87 bits per heavy atom. The van der Waals surface area contributed by atoms with Gasteiger partial charge >= 0.3 is 0 Å². The van der Waals surface area contributed by atoms with E-state index in [2.05, 4.69) is 36.5 Å². The van der Waals surface area contributed by atoms with Gasteiger partial charge in [0.15, 0.2) is 0 Å². The van der Waals surface area contributed by atoms with Crippen LogP contribution in [-0.4, -0.2) is 23.8 Å². The van der Waals surface area contributed by atoms with Gasteiger partial charge in [0, 0.05) is 13.0 Å². The number of rotatable bonds is 5. The van der Waals surface area contributed by atoms with Crippen LogP contribution in [0.3, 0.4) is 0 Å². The summed E-state index contributed by atoms with van der Waals surface area (Å²) in [5, 5.41) is 13.3. The Hall–Kier alpha value is -0.860. The van der Waals surface area contributed by atoms with Crippen LogP contribution < -0.4 is 5.32 Å². The molecule has 1 atom stereocenters. The molecule has 0 aliphatic rings. The Bertz CT molecular complexity index is 290. The third-order valence-corrected chi connectivity index (χ3v) is 2.46. The highest BCUT2D eigenvalue weighted by Crippen LogP contribution is 2.13. The highest BCUT2D eigenvalue weighted by molar-refractivity contribution is 5.22. The number of hydrogen-bond acceptors (Lipinski definition) is 2. The fraction of sp³-hybridized carbons (Fsp3) is 0.538. The van der Waals surface area contributed by atoms with Crippen molar-refractivity contribution < 1.29 is 5.11 Å². The molecule has 84 valence electrons. The lowest BCUT2D eigenvalue weighted by molar-refractivity contribution is 0.0607. The van der Waals surface area contributed by atoms with Crippen molar-refractivity contribution in [1.29, 1.82) is 0 Å². The minimum atomic E-state index is -0.661. The summed E-state index contributed by atoms with van der Waals surface area (Å²) in [6.07, 6.45) is 0.695. The first-order chi connectivity index (χ1) is 7.03. The number of likely N-dealkylation sites (N-methyl/N-ethyl adjacent to an activating group) is 1. The van der Waals surface area contributed by atoms with Crippen LogP contribution in [0, 0.1) is 6.92 Å². The lowest BCUT2D eigenvalue weighted by atomic mass is 9.96. The summed E-state index contributed by atoms with van der Waals surface area (Å²) in [4.78, 5) is 0. The fourth-order valence-corrected chi connectivity index (χ4v) is 1.60. The van der Waals surface area contributed by atoms with E-state index in [1.165, 1.54) is 11.1 Å². The van der Waals surface area contributed by atoms with E-state index < -0.39 is 5.60 Å². The van der Waals surface area contributed by atoms with Crippen LogP contribution in [-0.2, 0) is 6.42 Å². The molecule has 0 aliphatic carbocycles. The van der Waals surface area contributed by atoms with Crippen LogP contribution >= 0.6 is 0 Å². The Morgan fingerprint density at radius 1 is 1.27 bits per heavy atom. The maximum atomic E-state index is 10.1. The molecule has 0 radical (unpaired) electrons. The summed E-state index contributed by atoms with van der Waals surface area (Å²) in [6, 6.07) is 8.32. The molecule has 1 aromatic rings. The first-order valence-corrected chi connectivity index (χ1v) is 5.52. The van der Waals surface area contributed by atoms with E-state index in [-0.39, 0.29) is 0 Å². The predicted molar refractivity (Wildman–Crippen MR) is 64.1 cm³/mol. The highest BCUT2D eigenvalue weighted by atomic mass is 16.3. The Balaban J connectivity index is 2.56. The molecule has 1 aromatic carbocycles. The van der Waals surface area contributed by atoms with E-state index in [9.17, 15) is 5.11 Å². The largest absolute Gasteiger partial charge is 0.389 e. The molecule has 2 N–H and O–H groups in total. The van der Waals surface area contributed by atoms with E-state index in [0.29, 0.717) is 13.0 Å². The van der Waals surface area contributed by atoms with Crippen LogP contribution in [0.5, 0.6) is 0 Å². The molecule has 1 unspecified atom stereocenters. The number of aryl methyl sites for hydroxylation is 1. The van der Waals surface area contributed by atoms with Gasteiger partial charge < -0.3 is 10.4 Å². The van der Waals surface area contributed by atoms with Gasteiger partial charge in [-0.2, -0.15) is 0 Å². The van der Waals surface area contributed by atoms with Gasteiger partial charge in [0.2, 0.25) is 0 Å². The molecule has 0 spiro atoms. The van der Waals surface area contributed by atoms with Gasteiger partial charge in [-0.15, -0.1) is 0 Å².